The minimum absolute atomic E-state index is 0.0496. The second kappa shape index (κ2) is 9.25. The highest BCUT2D eigenvalue weighted by Crippen LogP contribution is 2.44. The molecule has 3 N–H and O–H groups in total. The number of carboxylic acids is 1. The monoisotopic (exact) mass is 476 g/mol. The molecule has 0 fully saturated rings. The summed E-state index contributed by atoms with van der Waals surface area (Å²) in [5, 5.41) is 18.5. The third-order valence-corrected chi connectivity index (χ3v) is 6.13. The zero-order chi connectivity index (χ0) is 25.3. The number of aromatic carboxylic acids is 1. The lowest BCUT2D eigenvalue weighted by Gasteiger charge is -2.30. The van der Waals surface area contributed by atoms with Crippen molar-refractivity contribution in [3.63, 3.8) is 0 Å². The number of fused-ring (bicyclic) bond motifs is 3. The summed E-state index contributed by atoms with van der Waals surface area (Å²) >= 11 is 0. The summed E-state index contributed by atoms with van der Waals surface area (Å²) < 4.78 is 6.75. The van der Waals surface area contributed by atoms with Gasteiger partial charge in [0.1, 0.15) is 12.6 Å². The van der Waals surface area contributed by atoms with Crippen LogP contribution in [-0.4, -0.2) is 45.5 Å². The minimum atomic E-state index is -1.22. The van der Waals surface area contributed by atoms with E-state index in [9.17, 15) is 19.5 Å². The van der Waals surface area contributed by atoms with Gasteiger partial charge in [-0.15, -0.1) is 0 Å². The molecule has 1 aliphatic rings. The Morgan fingerprint density at radius 3 is 2.17 bits per heavy atom. The number of nitrogens with one attached hydrogen (secondary N) is 2. The molecule has 2 amide bonds. The van der Waals surface area contributed by atoms with Gasteiger partial charge in [0.05, 0.1) is 11.9 Å². The third kappa shape index (κ3) is 4.75. The fraction of sp³-hybridized carbons (Fsp3) is 0.308. The second-order valence-corrected chi connectivity index (χ2v) is 9.59. The van der Waals surface area contributed by atoms with Crippen LogP contribution in [-0.2, 0) is 16.6 Å². The van der Waals surface area contributed by atoms with E-state index in [-0.39, 0.29) is 23.9 Å². The zero-order valence-electron chi connectivity index (χ0n) is 20.0. The van der Waals surface area contributed by atoms with Gasteiger partial charge < -0.3 is 20.5 Å². The van der Waals surface area contributed by atoms with Crippen LogP contribution in [0.1, 0.15) is 48.3 Å². The number of aromatic nitrogens is 2. The third-order valence-electron chi connectivity index (χ3n) is 6.13. The molecule has 1 aliphatic carbocycles. The standard InChI is InChI=1S/C26H28N4O5/c1-26(2,3)22(23(31)28-20-13-27-30(4)21(20)24(32)33)29-25(34)35-14-19-17-11-7-5-9-15(17)16-10-6-8-12-18(16)19/h5-13,19,22H,14H2,1-4H3,(H,28,31)(H,29,34)(H,32,33)/t22-/m1/s1. The first-order valence-corrected chi connectivity index (χ1v) is 11.3. The Hall–Kier alpha value is -4.14. The maximum atomic E-state index is 13.1. The number of alkyl carbamates (subject to hydrolysis) is 1. The SMILES string of the molecule is Cn1ncc(NC(=O)[C@@H](NC(=O)OCC2c3ccccc3-c3ccccc32)C(C)(C)C)c1C(=O)O. The van der Waals surface area contributed by atoms with E-state index < -0.39 is 29.4 Å². The molecule has 0 saturated carbocycles. The summed E-state index contributed by atoms with van der Waals surface area (Å²) in [6.45, 7) is 5.50. The number of anilines is 1. The van der Waals surface area contributed by atoms with Gasteiger partial charge in [0.15, 0.2) is 5.69 Å². The van der Waals surface area contributed by atoms with Crippen LogP contribution in [0.2, 0.25) is 0 Å². The van der Waals surface area contributed by atoms with Crippen LogP contribution in [0, 0.1) is 5.41 Å². The van der Waals surface area contributed by atoms with Gasteiger partial charge in [-0.3, -0.25) is 9.48 Å². The van der Waals surface area contributed by atoms with E-state index in [1.165, 1.54) is 13.2 Å². The van der Waals surface area contributed by atoms with Gasteiger partial charge in [-0.2, -0.15) is 5.10 Å². The van der Waals surface area contributed by atoms with Crippen LogP contribution in [0.3, 0.4) is 0 Å². The lowest BCUT2D eigenvalue weighted by atomic mass is 9.86. The molecule has 1 aromatic heterocycles. The molecule has 9 nitrogen and oxygen atoms in total. The van der Waals surface area contributed by atoms with E-state index in [4.69, 9.17) is 4.74 Å². The van der Waals surface area contributed by atoms with Crippen molar-refractivity contribution in [3.8, 4) is 11.1 Å². The Morgan fingerprint density at radius 1 is 1.06 bits per heavy atom. The largest absolute Gasteiger partial charge is 0.476 e. The summed E-state index contributed by atoms with van der Waals surface area (Å²) in [5.74, 6) is -1.90. The number of hydrogen-bond acceptors (Lipinski definition) is 5. The number of hydrogen-bond donors (Lipinski definition) is 3. The van der Waals surface area contributed by atoms with Gasteiger partial charge in [-0.25, -0.2) is 9.59 Å². The molecular weight excluding hydrogens is 448 g/mol. The van der Waals surface area contributed by atoms with Crippen molar-refractivity contribution in [1.82, 2.24) is 15.1 Å². The average molecular weight is 477 g/mol. The second-order valence-electron chi connectivity index (χ2n) is 9.59. The maximum absolute atomic E-state index is 13.1. The van der Waals surface area contributed by atoms with E-state index in [1.807, 2.05) is 36.4 Å². The Labute approximate surface area is 203 Å². The van der Waals surface area contributed by atoms with Crippen LogP contribution >= 0.6 is 0 Å². The Morgan fingerprint density at radius 2 is 1.63 bits per heavy atom. The van der Waals surface area contributed by atoms with E-state index >= 15 is 0 Å². The van der Waals surface area contributed by atoms with Gasteiger partial charge in [-0.05, 0) is 27.7 Å². The number of amides is 2. The molecule has 0 spiro atoms. The van der Waals surface area contributed by atoms with Crippen LogP contribution in [0.4, 0.5) is 10.5 Å². The maximum Gasteiger partial charge on any atom is 0.407 e. The highest BCUT2D eigenvalue weighted by atomic mass is 16.5. The minimum Gasteiger partial charge on any atom is -0.476 e. The lowest BCUT2D eigenvalue weighted by Crippen LogP contribution is -2.51. The van der Waals surface area contributed by atoms with Gasteiger partial charge in [0, 0.05) is 13.0 Å². The molecule has 9 heteroatoms. The molecule has 182 valence electrons. The number of aryl methyl sites for hydroxylation is 1. The molecule has 0 unspecified atom stereocenters. The molecule has 35 heavy (non-hydrogen) atoms. The van der Waals surface area contributed by atoms with E-state index in [0.717, 1.165) is 26.9 Å². The number of carboxylic acid groups (broad SMARTS) is 1. The molecule has 0 radical (unpaired) electrons. The fourth-order valence-corrected chi connectivity index (χ4v) is 4.42. The highest BCUT2D eigenvalue weighted by Gasteiger charge is 2.35. The van der Waals surface area contributed by atoms with Crippen molar-refractivity contribution in [2.75, 3.05) is 11.9 Å². The predicted octanol–water partition coefficient (Wildman–Crippen LogP) is 4.01. The summed E-state index contributed by atoms with van der Waals surface area (Å²) in [6, 6.07) is 15.1. The number of nitrogens with zero attached hydrogens (tertiary/aromatic N) is 2. The summed E-state index contributed by atoms with van der Waals surface area (Å²) in [5.41, 5.74) is 3.63. The zero-order valence-corrected chi connectivity index (χ0v) is 20.0. The van der Waals surface area contributed by atoms with Crippen LogP contribution < -0.4 is 10.6 Å². The smallest absolute Gasteiger partial charge is 0.407 e. The molecule has 4 rings (SSSR count). The van der Waals surface area contributed by atoms with Crippen LogP contribution in [0.25, 0.3) is 11.1 Å². The van der Waals surface area contributed by atoms with Crippen molar-refractivity contribution in [2.45, 2.75) is 32.7 Å². The predicted molar refractivity (Wildman–Crippen MR) is 130 cm³/mol. The first-order chi connectivity index (χ1) is 16.6. The summed E-state index contributed by atoms with van der Waals surface area (Å²) in [7, 11) is 1.47. The van der Waals surface area contributed by atoms with E-state index in [0.29, 0.717) is 0 Å². The first kappa shape index (κ1) is 24.0. The van der Waals surface area contributed by atoms with Gasteiger partial charge in [0.25, 0.3) is 0 Å². The van der Waals surface area contributed by atoms with Crippen molar-refractivity contribution < 1.29 is 24.2 Å². The number of ether oxygens (including phenoxy) is 1. The van der Waals surface area contributed by atoms with E-state index in [2.05, 4.69) is 27.9 Å². The van der Waals surface area contributed by atoms with Gasteiger partial charge >= 0.3 is 12.1 Å². The normalized spacial score (nSPS) is 13.5. The summed E-state index contributed by atoms with van der Waals surface area (Å²) in [6.07, 6.45) is 0.528. The van der Waals surface area contributed by atoms with Crippen molar-refractivity contribution in [1.29, 1.82) is 0 Å². The fourth-order valence-electron chi connectivity index (χ4n) is 4.42. The molecule has 1 heterocycles. The van der Waals surface area contributed by atoms with Crippen LogP contribution in [0.15, 0.2) is 54.7 Å². The molecule has 0 saturated heterocycles. The first-order valence-electron chi connectivity index (χ1n) is 11.3. The van der Waals surface area contributed by atoms with E-state index in [1.54, 1.807) is 20.8 Å². The number of benzene rings is 2. The number of carbonyl (C=O) groups is 3. The lowest BCUT2D eigenvalue weighted by molar-refractivity contribution is -0.120. The van der Waals surface area contributed by atoms with Crippen molar-refractivity contribution >= 4 is 23.7 Å². The number of carbonyl (C=O) groups excluding carboxylic acids is 2. The highest BCUT2D eigenvalue weighted by molar-refractivity contribution is 6.02. The Balaban J connectivity index is 1.47. The average Bonchev–Trinajstić information content (AvgIpc) is 3.32. The number of rotatable bonds is 6. The molecule has 0 aliphatic heterocycles. The molecule has 1 atom stereocenters. The topological polar surface area (TPSA) is 123 Å². The Kier molecular flexibility index (Phi) is 6.34. The molecular formula is C26H28N4O5. The molecule has 0 bridgehead atoms. The molecule has 3 aromatic rings. The van der Waals surface area contributed by atoms with Crippen molar-refractivity contribution in [2.24, 2.45) is 12.5 Å². The quantitative estimate of drug-likeness (QED) is 0.494. The summed E-state index contributed by atoms with van der Waals surface area (Å²) in [4.78, 5) is 37.4. The molecule has 2 aromatic carbocycles. The van der Waals surface area contributed by atoms with Crippen molar-refractivity contribution in [3.05, 3.63) is 71.5 Å². The van der Waals surface area contributed by atoms with Gasteiger partial charge in [0.2, 0.25) is 5.91 Å². The van der Waals surface area contributed by atoms with Crippen LogP contribution in [0.5, 0.6) is 0 Å². The van der Waals surface area contributed by atoms with Gasteiger partial charge in [-0.1, -0.05) is 69.3 Å². The Bertz CT molecular complexity index is 1250.